The molecule has 2 rings (SSSR count). The van der Waals surface area contributed by atoms with Gasteiger partial charge in [-0.3, -0.25) is 9.78 Å². The number of thioether (sulfide) groups is 1. The highest BCUT2D eigenvalue weighted by Gasteiger charge is 2.34. The fourth-order valence-corrected chi connectivity index (χ4v) is 3.13. The van der Waals surface area contributed by atoms with Gasteiger partial charge in [0.1, 0.15) is 0 Å². The highest BCUT2D eigenvalue weighted by molar-refractivity contribution is 7.98. The molecule has 0 radical (unpaired) electrons. The van der Waals surface area contributed by atoms with Gasteiger partial charge in [0.15, 0.2) is 10.9 Å². The van der Waals surface area contributed by atoms with E-state index >= 15 is 0 Å². The summed E-state index contributed by atoms with van der Waals surface area (Å²) in [4.78, 5) is 22.4. The molecule has 0 amide bonds. The van der Waals surface area contributed by atoms with Gasteiger partial charge in [-0.05, 0) is 0 Å². The molecule has 0 spiro atoms. The third kappa shape index (κ3) is 5.45. The van der Waals surface area contributed by atoms with Crippen LogP contribution in [-0.4, -0.2) is 20.9 Å². The molecule has 0 saturated carbocycles. The smallest absolute Gasteiger partial charge is 0.407 e. The summed E-state index contributed by atoms with van der Waals surface area (Å²) < 4.78 is 43.7. The average molecular weight is 412 g/mol. The van der Waals surface area contributed by atoms with Crippen LogP contribution < -0.4 is 4.74 Å². The van der Waals surface area contributed by atoms with E-state index in [9.17, 15) is 18.0 Å². The van der Waals surface area contributed by atoms with Crippen molar-refractivity contribution in [3.8, 4) is 5.88 Å². The van der Waals surface area contributed by atoms with E-state index < -0.39 is 23.7 Å². The van der Waals surface area contributed by atoms with Crippen molar-refractivity contribution >= 4 is 40.9 Å². The minimum atomic E-state index is -4.71. The summed E-state index contributed by atoms with van der Waals surface area (Å²) >= 11 is 12.8. The van der Waals surface area contributed by atoms with Crippen molar-refractivity contribution in [1.82, 2.24) is 15.0 Å². The van der Waals surface area contributed by atoms with Crippen LogP contribution in [0.5, 0.6) is 5.88 Å². The van der Waals surface area contributed by atoms with Gasteiger partial charge in [0, 0.05) is 36.2 Å². The largest absolute Gasteiger partial charge is 0.433 e. The SMILES string of the molecule is CCC(=O)Oc1cc(C(F)(F)F)nc(SCc2c(Cl)cncc2Cl)n1. The lowest BCUT2D eigenvalue weighted by Crippen LogP contribution is -2.13. The molecule has 2 aromatic rings. The summed E-state index contributed by atoms with van der Waals surface area (Å²) in [6, 6.07) is 0.573. The lowest BCUT2D eigenvalue weighted by Gasteiger charge is -2.10. The molecule has 0 bridgehead atoms. The number of pyridine rings is 1. The third-order valence-electron chi connectivity index (χ3n) is 2.78. The van der Waals surface area contributed by atoms with E-state index in [1.807, 2.05) is 0 Å². The quantitative estimate of drug-likeness (QED) is 0.399. The Bertz CT molecular complexity index is 770. The summed E-state index contributed by atoms with van der Waals surface area (Å²) in [5.41, 5.74) is -0.729. The number of carbonyl (C=O) groups excluding carboxylic acids is 1. The molecule has 2 aromatic heterocycles. The second-order valence-electron chi connectivity index (χ2n) is 4.57. The van der Waals surface area contributed by atoms with Gasteiger partial charge in [0.2, 0.25) is 5.88 Å². The van der Waals surface area contributed by atoms with Crippen molar-refractivity contribution in [3.05, 3.63) is 39.8 Å². The number of rotatable bonds is 5. The van der Waals surface area contributed by atoms with Crippen molar-refractivity contribution in [2.24, 2.45) is 0 Å². The highest BCUT2D eigenvalue weighted by Crippen LogP contribution is 2.33. The number of halogens is 5. The number of hydrogen-bond donors (Lipinski definition) is 0. The molecule has 25 heavy (non-hydrogen) atoms. The second kappa shape index (κ2) is 8.20. The van der Waals surface area contributed by atoms with Crippen molar-refractivity contribution in [2.45, 2.75) is 30.4 Å². The van der Waals surface area contributed by atoms with E-state index in [0.717, 1.165) is 11.8 Å². The van der Waals surface area contributed by atoms with Crippen molar-refractivity contribution in [2.75, 3.05) is 0 Å². The Balaban J connectivity index is 2.29. The van der Waals surface area contributed by atoms with Crippen LogP contribution in [0.25, 0.3) is 0 Å². The number of alkyl halides is 3. The van der Waals surface area contributed by atoms with Gasteiger partial charge >= 0.3 is 12.1 Å². The van der Waals surface area contributed by atoms with Crippen LogP contribution in [-0.2, 0) is 16.7 Å². The zero-order valence-electron chi connectivity index (χ0n) is 12.6. The van der Waals surface area contributed by atoms with E-state index in [1.165, 1.54) is 19.3 Å². The molecular formula is C14H10Cl2F3N3O2S. The van der Waals surface area contributed by atoms with Crippen LogP contribution in [0, 0.1) is 0 Å². The summed E-state index contributed by atoms with van der Waals surface area (Å²) in [6.07, 6.45) is -1.98. The minimum Gasteiger partial charge on any atom is -0.407 e. The summed E-state index contributed by atoms with van der Waals surface area (Å²) in [5.74, 6) is -1.06. The molecule has 0 unspecified atom stereocenters. The van der Waals surface area contributed by atoms with Gasteiger partial charge in [0.25, 0.3) is 0 Å². The molecule has 2 heterocycles. The van der Waals surface area contributed by atoms with E-state index in [1.54, 1.807) is 0 Å². The molecule has 5 nitrogen and oxygen atoms in total. The maximum Gasteiger partial charge on any atom is 0.433 e. The van der Waals surface area contributed by atoms with E-state index in [4.69, 9.17) is 27.9 Å². The Hall–Kier alpha value is -1.58. The number of hydrogen-bond acceptors (Lipinski definition) is 6. The van der Waals surface area contributed by atoms with Crippen molar-refractivity contribution < 1.29 is 22.7 Å². The van der Waals surface area contributed by atoms with Crippen LogP contribution >= 0.6 is 35.0 Å². The van der Waals surface area contributed by atoms with Gasteiger partial charge in [-0.2, -0.15) is 18.2 Å². The number of esters is 1. The zero-order chi connectivity index (χ0) is 18.6. The Labute approximate surface area is 154 Å². The summed E-state index contributed by atoms with van der Waals surface area (Å²) in [5, 5.41) is 0.312. The molecule has 0 aromatic carbocycles. The maximum atomic E-state index is 13.0. The van der Waals surface area contributed by atoms with Gasteiger partial charge in [-0.25, -0.2) is 4.98 Å². The van der Waals surface area contributed by atoms with Crippen LogP contribution in [0.2, 0.25) is 10.0 Å². The fraction of sp³-hybridized carbons (Fsp3) is 0.286. The number of ether oxygens (including phenoxy) is 1. The lowest BCUT2D eigenvalue weighted by atomic mass is 10.3. The molecule has 134 valence electrons. The standard InChI is InChI=1S/C14H10Cl2F3N3O2S/c1-2-12(23)24-11-3-10(14(17,18)19)21-13(22-11)25-6-7-8(15)4-20-5-9(7)16/h3-5H,2,6H2,1H3. The van der Waals surface area contributed by atoms with E-state index in [-0.39, 0.29) is 27.4 Å². The Morgan fingerprint density at radius 1 is 1.24 bits per heavy atom. The van der Waals surface area contributed by atoms with Crippen LogP contribution in [0.1, 0.15) is 24.6 Å². The molecule has 0 fully saturated rings. The normalized spacial score (nSPS) is 11.4. The number of carbonyl (C=O) groups is 1. The van der Waals surface area contributed by atoms with E-state index in [0.29, 0.717) is 11.6 Å². The fourth-order valence-electron chi connectivity index (χ4n) is 1.57. The molecule has 0 aliphatic carbocycles. The number of aromatic nitrogens is 3. The summed E-state index contributed by atoms with van der Waals surface area (Å²) in [7, 11) is 0. The first-order chi connectivity index (χ1) is 11.7. The van der Waals surface area contributed by atoms with Crippen LogP contribution in [0.4, 0.5) is 13.2 Å². The first-order valence-corrected chi connectivity index (χ1v) is 8.52. The van der Waals surface area contributed by atoms with Gasteiger partial charge in [-0.1, -0.05) is 41.9 Å². The molecule has 0 N–H and O–H groups in total. The third-order valence-corrected chi connectivity index (χ3v) is 4.30. The average Bonchev–Trinajstić information content (AvgIpc) is 2.53. The molecular weight excluding hydrogens is 402 g/mol. The summed E-state index contributed by atoms with van der Waals surface area (Å²) in [6.45, 7) is 1.51. The Morgan fingerprint density at radius 3 is 2.44 bits per heavy atom. The molecule has 0 aliphatic rings. The van der Waals surface area contributed by atoms with Gasteiger partial charge in [-0.15, -0.1) is 0 Å². The molecule has 0 aliphatic heterocycles. The molecule has 0 atom stereocenters. The predicted molar refractivity (Wildman–Crippen MR) is 86.8 cm³/mol. The zero-order valence-corrected chi connectivity index (χ0v) is 14.9. The highest BCUT2D eigenvalue weighted by atomic mass is 35.5. The van der Waals surface area contributed by atoms with Crippen molar-refractivity contribution in [3.63, 3.8) is 0 Å². The first-order valence-electron chi connectivity index (χ1n) is 6.78. The Morgan fingerprint density at radius 2 is 1.88 bits per heavy atom. The Kier molecular flexibility index (Phi) is 6.47. The van der Waals surface area contributed by atoms with Crippen LogP contribution in [0.15, 0.2) is 23.6 Å². The predicted octanol–water partition coefficient (Wildman–Crippen LogP) is 4.80. The molecule has 11 heteroatoms. The van der Waals surface area contributed by atoms with Gasteiger partial charge < -0.3 is 4.74 Å². The van der Waals surface area contributed by atoms with E-state index in [2.05, 4.69) is 15.0 Å². The lowest BCUT2D eigenvalue weighted by molar-refractivity contribution is -0.142. The minimum absolute atomic E-state index is 0.00391. The molecule has 0 saturated heterocycles. The monoisotopic (exact) mass is 411 g/mol. The maximum absolute atomic E-state index is 13.0. The van der Waals surface area contributed by atoms with Crippen molar-refractivity contribution in [1.29, 1.82) is 0 Å². The first kappa shape index (κ1) is 19.7. The van der Waals surface area contributed by atoms with Gasteiger partial charge in [0.05, 0.1) is 10.0 Å². The topological polar surface area (TPSA) is 65.0 Å². The van der Waals surface area contributed by atoms with Crippen LogP contribution in [0.3, 0.4) is 0 Å². The number of nitrogens with zero attached hydrogens (tertiary/aromatic N) is 3. The second-order valence-corrected chi connectivity index (χ2v) is 6.33.